The molecular weight excluding hydrogens is 278 g/mol. The summed E-state index contributed by atoms with van der Waals surface area (Å²) >= 11 is 0. The van der Waals surface area contributed by atoms with Crippen molar-refractivity contribution in [3.8, 4) is 0 Å². The molecule has 5 nitrogen and oxygen atoms in total. The SMILES string of the molecule is CCCCOCCOCC(O)CNCCC(C)S(C)=O. The van der Waals surface area contributed by atoms with Gasteiger partial charge < -0.3 is 19.9 Å². The minimum absolute atomic E-state index is 0.191. The van der Waals surface area contributed by atoms with E-state index < -0.39 is 16.9 Å². The molecule has 0 aromatic heterocycles. The van der Waals surface area contributed by atoms with Crippen molar-refractivity contribution in [1.82, 2.24) is 5.32 Å². The lowest BCUT2D eigenvalue weighted by molar-refractivity contribution is 0.00398. The van der Waals surface area contributed by atoms with Crippen molar-refractivity contribution in [2.75, 3.05) is 45.8 Å². The molecule has 0 aromatic rings. The first-order chi connectivity index (χ1) is 9.57. The summed E-state index contributed by atoms with van der Waals surface area (Å²) in [5.74, 6) is 0. The van der Waals surface area contributed by atoms with E-state index in [2.05, 4.69) is 12.2 Å². The Morgan fingerprint density at radius 1 is 1.25 bits per heavy atom. The largest absolute Gasteiger partial charge is 0.389 e. The number of hydrogen-bond donors (Lipinski definition) is 2. The molecule has 122 valence electrons. The first-order valence-electron chi connectivity index (χ1n) is 7.44. The van der Waals surface area contributed by atoms with Gasteiger partial charge >= 0.3 is 0 Å². The van der Waals surface area contributed by atoms with E-state index in [1.165, 1.54) is 0 Å². The number of hydrogen-bond acceptors (Lipinski definition) is 5. The van der Waals surface area contributed by atoms with Gasteiger partial charge in [0.1, 0.15) is 0 Å². The van der Waals surface area contributed by atoms with Crippen LogP contribution in [0.1, 0.15) is 33.1 Å². The maximum absolute atomic E-state index is 11.1. The van der Waals surface area contributed by atoms with E-state index in [4.69, 9.17) is 9.47 Å². The van der Waals surface area contributed by atoms with Crippen LogP contribution in [0.15, 0.2) is 0 Å². The number of rotatable bonds is 14. The average Bonchev–Trinajstić information content (AvgIpc) is 2.42. The van der Waals surface area contributed by atoms with Crippen molar-refractivity contribution in [3.05, 3.63) is 0 Å². The van der Waals surface area contributed by atoms with Crippen LogP contribution in [-0.2, 0) is 20.3 Å². The van der Waals surface area contributed by atoms with Crippen molar-refractivity contribution in [2.45, 2.75) is 44.5 Å². The molecule has 0 saturated carbocycles. The molecule has 0 saturated heterocycles. The fourth-order valence-electron chi connectivity index (χ4n) is 1.48. The molecule has 0 heterocycles. The molecule has 0 aliphatic heterocycles. The highest BCUT2D eigenvalue weighted by Crippen LogP contribution is 1.97. The molecule has 20 heavy (non-hydrogen) atoms. The molecule has 6 heteroatoms. The van der Waals surface area contributed by atoms with Crippen molar-refractivity contribution in [1.29, 1.82) is 0 Å². The molecule has 0 aromatic carbocycles. The van der Waals surface area contributed by atoms with Crippen LogP contribution < -0.4 is 5.32 Å². The van der Waals surface area contributed by atoms with Gasteiger partial charge in [0.05, 0.1) is 25.9 Å². The van der Waals surface area contributed by atoms with Gasteiger partial charge in [-0.1, -0.05) is 20.3 Å². The van der Waals surface area contributed by atoms with Crippen LogP contribution in [0.5, 0.6) is 0 Å². The van der Waals surface area contributed by atoms with Crippen molar-refractivity contribution in [2.24, 2.45) is 0 Å². The summed E-state index contributed by atoms with van der Waals surface area (Å²) in [4.78, 5) is 0. The Bertz CT molecular complexity index is 241. The maximum atomic E-state index is 11.1. The molecular formula is C14H31NO4S. The summed E-state index contributed by atoms with van der Waals surface area (Å²) in [5, 5.41) is 13.0. The van der Waals surface area contributed by atoms with Gasteiger partial charge in [-0.05, 0) is 19.4 Å². The van der Waals surface area contributed by atoms with Gasteiger partial charge in [0.25, 0.3) is 0 Å². The summed E-state index contributed by atoms with van der Waals surface area (Å²) in [5.41, 5.74) is 0. The first-order valence-corrected chi connectivity index (χ1v) is 9.06. The van der Waals surface area contributed by atoms with E-state index >= 15 is 0 Å². The van der Waals surface area contributed by atoms with E-state index in [9.17, 15) is 9.32 Å². The van der Waals surface area contributed by atoms with E-state index in [0.717, 1.165) is 32.4 Å². The molecule has 3 atom stereocenters. The third-order valence-electron chi connectivity index (χ3n) is 3.00. The molecule has 0 amide bonds. The van der Waals surface area contributed by atoms with Crippen molar-refractivity contribution in [3.63, 3.8) is 0 Å². The third-order valence-corrected chi connectivity index (χ3v) is 4.37. The quantitative estimate of drug-likeness (QED) is 0.467. The second-order valence-corrected chi connectivity index (χ2v) is 6.80. The van der Waals surface area contributed by atoms with Crippen molar-refractivity contribution < 1.29 is 18.8 Å². The number of unbranched alkanes of at least 4 members (excludes halogenated alkanes) is 1. The van der Waals surface area contributed by atoms with Crippen LogP contribution in [0.25, 0.3) is 0 Å². The van der Waals surface area contributed by atoms with Gasteiger partial charge in [-0.2, -0.15) is 0 Å². The zero-order valence-corrected chi connectivity index (χ0v) is 13.9. The second kappa shape index (κ2) is 13.9. The lowest BCUT2D eigenvalue weighted by Crippen LogP contribution is -2.32. The summed E-state index contributed by atoms with van der Waals surface area (Å²) in [6, 6.07) is 0. The van der Waals surface area contributed by atoms with Gasteiger partial charge in [0.15, 0.2) is 0 Å². The van der Waals surface area contributed by atoms with Gasteiger partial charge in [-0.25, -0.2) is 0 Å². The van der Waals surface area contributed by atoms with E-state index in [1.54, 1.807) is 6.26 Å². The predicted molar refractivity (Wildman–Crippen MR) is 83.6 cm³/mol. The Hall–Kier alpha value is -0.0100. The standard InChI is InChI=1S/C14H31NO4S/c1-4-5-8-18-9-10-19-12-14(16)11-15-7-6-13(2)20(3)17/h13-16H,4-12H2,1-3H3. The highest BCUT2D eigenvalue weighted by molar-refractivity contribution is 7.84. The fraction of sp³-hybridized carbons (Fsp3) is 1.00. The molecule has 0 aliphatic carbocycles. The Morgan fingerprint density at radius 3 is 2.60 bits per heavy atom. The summed E-state index contributed by atoms with van der Waals surface area (Å²) in [6.07, 6.45) is 4.27. The predicted octanol–water partition coefficient (Wildman–Crippen LogP) is 0.927. The van der Waals surface area contributed by atoms with E-state index in [1.807, 2.05) is 6.92 Å². The lowest BCUT2D eigenvalue weighted by atomic mass is 10.3. The molecule has 0 spiro atoms. The van der Waals surface area contributed by atoms with Crippen molar-refractivity contribution >= 4 is 10.8 Å². The zero-order valence-electron chi connectivity index (χ0n) is 13.1. The Kier molecular flexibility index (Phi) is 13.9. The Balaban J connectivity index is 3.28. The van der Waals surface area contributed by atoms with Crippen LogP contribution in [0.2, 0.25) is 0 Å². The molecule has 0 rings (SSSR count). The minimum Gasteiger partial charge on any atom is -0.389 e. The lowest BCUT2D eigenvalue weighted by Gasteiger charge is -2.13. The van der Waals surface area contributed by atoms with Crippen LogP contribution in [0.4, 0.5) is 0 Å². The first kappa shape index (κ1) is 20.0. The topological polar surface area (TPSA) is 67.8 Å². The van der Waals surface area contributed by atoms with Gasteiger partial charge in [0.2, 0.25) is 0 Å². The monoisotopic (exact) mass is 309 g/mol. The molecule has 3 unspecified atom stereocenters. The highest BCUT2D eigenvalue weighted by Gasteiger charge is 2.07. The molecule has 2 N–H and O–H groups in total. The summed E-state index contributed by atoms with van der Waals surface area (Å²) in [7, 11) is -0.776. The van der Waals surface area contributed by atoms with E-state index in [-0.39, 0.29) is 5.25 Å². The smallest absolute Gasteiger partial charge is 0.0897 e. The van der Waals surface area contributed by atoms with Gasteiger partial charge in [-0.3, -0.25) is 4.21 Å². The highest BCUT2D eigenvalue weighted by atomic mass is 32.2. The van der Waals surface area contributed by atoms with Crippen LogP contribution in [0.3, 0.4) is 0 Å². The Labute approximate surface area is 125 Å². The minimum atomic E-state index is -0.776. The van der Waals surface area contributed by atoms with Crippen LogP contribution in [0, 0.1) is 0 Å². The number of aliphatic hydroxyl groups excluding tert-OH is 1. The zero-order chi connectivity index (χ0) is 15.2. The molecule has 0 bridgehead atoms. The summed E-state index contributed by atoms with van der Waals surface area (Å²) in [6.45, 7) is 7.56. The van der Waals surface area contributed by atoms with E-state index in [0.29, 0.717) is 26.4 Å². The maximum Gasteiger partial charge on any atom is 0.0897 e. The Morgan fingerprint density at radius 2 is 1.95 bits per heavy atom. The molecule has 0 aliphatic rings. The second-order valence-electron chi connectivity index (χ2n) is 5.00. The normalized spacial score (nSPS) is 16.0. The molecule has 0 radical (unpaired) electrons. The number of nitrogens with one attached hydrogen (secondary N) is 1. The van der Waals surface area contributed by atoms with Gasteiger partial charge in [0, 0.05) is 35.5 Å². The third kappa shape index (κ3) is 13.0. The summed E-state index contributed by atoms with van der Waals surface area (Å²) < 4.78 is 21.8. The van der Waals surface area contributed by atoms with Crippen LogP contribution >= 0.6 is 0 Å². The fourth-order valence-corrected chi connectivity index (χ4v) is 1.93. The molecule has 0 fully saturated rings. The number of ether oxygens (including phenoxy) is 2. The van der Waals surface area contributed by atoms with Crippen LogP contribution in [-0.4, -0.2) is 66.4 Å². The average molecular weight is 309 g/mol. The number of aliphatic hydroxyl groups is 1. The van der Waals surface area contributed by atoms with Gasteiger partial charge in [-0.15, -0.1) is 0 Å².